The molecule has 1 aliphatic rings. The third-order valence-electron chi connectivity index (χ3n) is 1.98. The zero-order valence-corrected chi connectivity index (χ0v) is 7.34. The molecule has 0 amide bonds. The van der Waals surface area contributed by atoms with E-state index in [2.05, 4.69) is 17.6 Å². The predicted molar refractivity (Wildman–Crippen MR) is 44.7 cm³/mol. The summed E-state index contributed by atoms with van der Waals surface area (Å²) in [5.41, 5.74) is 0. The van der Waals surface area contributed by atoms with Gasteiger partial charge in [-0.3, -0.25) is 0 Å². The van der Waals surface area contributed by atoms with Crippen molar-refractivity contribution in [3.63, 3.8) is 0 Å². The maximum Gasteiger partial charge on any atom is 0.0728 e. The molecule has 65 valence electrons. The van der Waals surface area contributed by atoms with Crippen LogP contribution < -0.4 is 10.6 Å². The Hall–Kier alpha value is -0.120. The van der Waals surface area contributed by atoms with Crippen LogP contribution in [0.15, 0.2) is 0 Å². The fourth-order valence-electron chi connectivity index (χ4n) is 1.31. The summed E-state index contributed by atoms with van der Waals surface area (Å²) in [5, 5.41) is 7.76. The molecule has 3 heteroatoms. The summed E-state index contributed by atoms with van der Waals surface area (Å²) in [7, 11) is 0. The summed E-state index contributed by atoms with van der Waals surface area (Å²) in [6, 6.07) is 0.365. The highest BCUT2D eigenvalue weighted by Crippen LogP contribution is 2.01. The number of rotatable bonds is 3. The largest absolute Gasteiger partial charge is 0.377 e. The standard InChI is InChI=1S/C8H17N2O/c1-3-11-7(2)8-6-9-4-5-10-8/h7-9H,3-6H2,1-2H3. The molecule has 1 radical (unpaired) electrons. The predicted octanol–water partition coefficient (Wildman–Crippen LogP) is -0.0124. The highest BCUT2D eigenvalue weighted by atomic mass is 16.5. The van der Waals surface area contributed by atoms with E-state index in [0.29, 0.717) is 6.04 Å². The van der Waals surface area contributed by atoms with Crippen molar-refractivity contribution in [2.24, 2.45) is 0 Å². The van der Waals surface area contributed by atoms with Gasteiger partial charge in [-0.25, -0.2) is 5.32 Å². The maximum atomic E-state index is 5.45. The van der Waals surface area contributed by atoms with Crippen molar-refractivity contribution in [1.29, 1.82) is 0 Å². The van der Waals surface area contributed by atoms with Crippen molar-refractivity contribution in [2.75, 3.05) is 26.2 Å². The molecule has 0 spiro atoms. The lowest BCUT2D eigenvalue weighted by atomic mass is 10.1. The van der Waals surface area contributed by atoms with Crippen LogP contribution in [0.5, 0.6) is 0 Å². The first kappa shape index (κ1) is 8.97. The summed E-state index contributed by atoms with van der Waals surface area (Å²) in [6.07, 6.45) is 0.271. The SMILES string of the molecule is CCOC(C)C1CNCC[N]1. The average molecular weight is 157 g/mol. The van der Waals surface area contributed by atoms with Gasteiger partial charge in [0.25, 0.3) is 0 Å². The first-order valence-corrected chi connectivity index (χ1v) is 4.33. The van der Waals surface area contributed by atoms with E-state index < -0.39 is 0 Å². The molecule has 3 nitrogen and oxygen atoms in total. The lowest BCUT2D eigenvalue weighted by Crippen LogP contribution is -2.50. The number of nitrogens with zero attached hydrogens (tertiary/aromatic N) is 1. The zero-order valence-electron chi connectivity index (χ0n) is 7.34. The van der Waals surface area contributed by atoms with Crippen LogP contribution in [0, 0.1) is 0 Å². The van der Waals surface area contributed by atoms with Gasteiger partial charge in [-0.2, -0.15) is 0 Å². The van der Waals surface area contributed by atoms with Crippen molar-refractivity contribution in [2.45, 2.75) is 26.0 Å². The zero-order chi connectivity index (χ0) is 8.10. The topological polar surface area (TPSA) is 35.4 Å². The monoisotopic (exact) mass is 157 g/mol. The maximum absolute atomic E-state index is 5.45. The van der Waals surface area contributed by atoms with E-state index in [9.17, 15) is 0 Å². The van der Waals surface area contributed by atoms with Crippen LogP contribution in [0.2, 0.25) is 0 Å². The van der Waals surface area contributed by atoms with Crippen LogP contribution >= 0.6 is 0 Å². The third-order valence-corrected chi connectivity index (χ3v) is 1.98. The van der Waals surface area contributed by atoms with E-state index >= 15 is 0 Å². The molecule has 0 bridgehead atoms. The molecule has 1 aliphatic heterocycles. The van der Waals surface area contributed by atoms with Crippen LogP contribution in [-0.4, -0.2) is 38.4 Å². The van der Waals surface area contributed by atoms with E-state index in [1.54, 1.807) is 0 Å². The number of piperazine rings is 1. The van der Waals surface area contributed by atoms with Crippen LogP contribution in [-0.2, 0) is 4.74 Å². The molecule has 1 heterocycles. The van der Waals surface area contributed by atoms with E-state index in [1.165, 1.54) is 0 Å². The van der Waals surface area contributed by atoms with Crippen molar-refractivity contribution < 1.29 is 4.74 Å². The first-order chi connectivity index (χ1) is 5.34. The minimum atomic E-state index is 0.271. The van der Waals surface area contributed by atoms with Gasteiger partial charge in [0.1, 0.15) is 0 Å². The van der Waals surface area contributed by atoms with E-state index in [1.807, 2.05) is 6.92 Å². The third kappa shape index (κ3) is 2.77. The second-order valence-corrected chi connectivity index (χ2v) is 2.84. The normalized spacial score (nSPS) is 28.4. The molecule has 0 aliphatic carbocycles. The Bertz CT molecular complexity index is 102. The van der Waals surface area contributed by atoms with Crippen LogP contribution in [0.1, 0.15) is 13.8 Å². The fraction of sp³-hybridized carbons (Fsp3) is 1.00. The molecule has 0 aromatic heterocycles. The molecule has 1 rings (SSSR count). The van der Waals surface area contributed by atoms with Gasteiger partial charge in [0.2, 0.25) is 0 Å². The number of hydrogen-bond acceptors (Lipinski definition) is 2. The minimum absolute atomic E-state index is 0.271. The Kier molecular flexibility index (Phi) is 3.83. The number of ether oxygens (including phenoxy) is 1. The molecule has 1 N–H and O–H groups in total. The van der Waals surface area contributed by atoms with Crippen molar-refractivity contribution in [1.82, 2.24) is 10.6 Å². The van der Waals surface area contributed by atoms with Gasteiger partial charge in [0, 0.05) is 26.2 Å². The molecular formula is C8H17N2O. The van der Waals surface area contributed by atoms with Crippen LogP contribution in [0.4, 0.5) is 0 Å². The molecule has 0 aromatic carbocycles. The molecule has 1 fully saturated rings. The molecule has 1 saturated heterocycles. The van der Waals surface area contributed by atoms with Gasteiger partial charge in [0.05, 0.1) is 12.1 Å². The van der Waals surface area contributed by atoms with Crippen molar-refractivity contribution in [3.8, 4) is 0 Å². The Morgan fingerprint density at radius 1 is 1.73 bits per heavy atom. The number of hydrogen-bond donors (Lipinski definition) is 1. The summed E-state index contributed by atoms with van der Waals surface area (Å²) in [6.45, 7) is 7.82. The van der Waals surface area contributed by atoms with Gasteiger partial charge in [-0.1, -0.05) is 0 Å². The molecule has 11 heavy (non-hydrogen) atoms. The summed E-state index contributed by atoms with van der Waals surface area (Å²) in [4.78, 5) is 0. The minimum Gasteiger partial charge on any atom is -0.377 e. The highest BCUT2D eigenvalue weighted by Gasteiger charge is 2.19. The Morgan fingerprint density at radius 2 is 2.55 bits per heavy atom. The lowest BCUT2D eigenvalue weighted by molar-refractivity contribution is 0.0427. The fourth-order valence-corrected chi connectivity index (χ4v) is 1.31. The van der Waals surface area contributed by atoms with E-state index in [4.69, 9.17) is 4.74 Å². The molecular weight excluding hydrogens is 140 g/mol. The Balaban J connectivity index is 2.21. The van der Waals surface area contributed by atoms with Crippen molar-refractivity contribution in [3.05, 3.63) is 0 Å². The van der Waals surface area contributed by atoms with Crippen LogP contribution in [0.3, 0.4) is 0 Å². The summed E-state index contributed by atoms with van der Waals surface area (Å²) < 4.78 is 5.45. The average Bonchev–Trinajstić information content (AvgIpc) is 2.07. The van der Waals surface area contributed by atoms with Gasteiger partial charge >= 0.3 is 0 Å². The van der Waals surface area contributed by atoms with E-state index in [-0.39, 0.29) is 6.10 Å². The second kappa shape index (κ2) is 4.70. The first-order valence-electron chi connectivity index (χ1n) is 4.33. The lowest BCUT2D eigenvalue weighted by Gasteiger charge is -2.27. The molecule has 2 unspecified atom stereocenters. The number of nitrogens with one attached hydrogen (secondary N) is 1. The van der Waals surface area contributed by atoms with Crippen molar-refractivity contribution >= 4 is 0 Å². The quantitative estimate of drug-likeness (QED) is 0.625. The summed E-state index contributed by atoms with van der Waals surface area (Å²) in [5.74, 6) is 0. The second-order valence-electron chi connectivity index (χ2n) is 2.84. The Labute approximate surface area is 68.5 Å². The highest BCUT2D eigenvalue weighted by molar-refractivity contribution is 4.79. The van der Waals surface area contributed by atoms with E-state index in [0.717, 1.165) is 26.2 Å². The van der Waals surface area contributed by atoms with Crippen LogP contribution in [0.25, 0.3) is 0 Å². The summed E-state index contributed by atoms with van der Waals surface area (Å²) >= 11 is 0. The molecule has 2 atom stereocenters. The molecule has 0 aromatic rings. The van der Waals surface area contributed by atoms with Gasteiger partial charge in [-0.15, -0.1) is 0 Å². The Morgan fingerprint density at radius 3 is 3.09 bits per heavy atom. The smallest absolute Gasteiger partial charge is 0.0728 e. The van der Waals surface area contributed by atoms with Gasteiger partial charge in [0.15, 0.2) is 0 Å². The van der Waals surface area contributed by atoms with Gasteiger partial charge < -0.3 is 10.1 Å². The van der Waals surface area contributed by atoms with Gasteiger partial charge in [-0.05, 0) is 13.8 Å². The molecule has 0 saturated carbocycles.